The van der Waals surface area contributed by atoms with Crippen molar-refractivity contribution in [2.75, 3.05) is 13.2 Å². The second-order valence-corrected chi connectivity index (χ2v) is 5.07. The fourth-order valence-electron chi connectivity index (χ4n) is 2.12. The Morgan fingerprint density at radius 1 is 0.923 bits per heavy atom. The van der Waals surface area contributed by atoms with Gasteiger partial charge in [-0.1, -0.05) is 25.7 Å². The van der Waals surface area contributed by atoms with Crippen LogP contribution in [0.2, 0.25) is 0 Å². The molecule has 0 N–H and O–H groups in total. The summed E-state index contributed by atoms with van der Waals surface area (Å²) in [5, 5.41) is 0. The Kier molecular flexibility index (Phi) is 2.58. The van der Waals surface area contributed by atoms with Gasteiger partial charge in [0.05, 0.1) is 13.2 Å². The van der Waals surface area contributed by atoms with E-state index >= 15 is 0 Å². The minimum Gasteiger partial charge on any atom is -0.248 e. The number of hydrogen-bond acceptors (Lipinski definition) is 4. The molecule has 0 unspecified atom stereocenters. The highest BCUT2D eigenvalue weighted by Crippen LogP contribution is 2.33. The van der Waals surface area contributed by atoms with Crippen LogP contribution in [-0.4, -0.2) is 21.6 Å². The fourth-order valence-corrected chi connectivity index (χ4v) is 2.88. The molecule has 2 fully saturated rings. The third kappa shape index (κ3) is 2.21. The van der Waals surface area contributed by atoms with Crippen LogP contribution in [0.25, 0.3) is 0 Å². The fraction of sp³-hybridized carbons (Fsp3) is 1.00. The minimum absolute atomic E-state index is 0.283. The van der Waals surface area contributed by atoms with E-state index in [0.29, 0.717) is 19.1 Å². The van der Waals surface area contributed by atoms with E-state index in [1.165, 1.54) is 25.7 Å². The van der Waals surface area contributed by atoms with Gasteiger partial charge in [-0.25, -0.2) is 8.37 Å². The van der Waals surface area contributed by atoms with Crippen LogP contribution in [0.3, 0.4) is 0 Å². The molecule has 13 heavy (non-hydrogen) atoms. The highest BCUT2D eigenvalue weighted by atomic mass is 32.3. The molecule has 1 aliphatic carbocycles. The van der Waals surface area contributed by atoms with Crippen LogP contribution in [0.5, 0.6) is 0 Å². The molecule has 76 valence electrons. The van der Waals surface area contributed by atoms with Crippen molar-refractivity contribution in [1.82, 2.24) is 0 Å². The molecule has 5 heteroatoms. The van der Waals surface area contributed by atoms with Gasteiger partial charge in [-0.3, -0.25) is 0 Å². The average Bonchev–Trinajstić information content (AvgIpc) is 2.56. The van der Waals surface area contributed by atoms with Crippen LogP contribution in [0.4, 0.5) is 0 Å². The van der Waals surface area contributed by atoms with Crippen molar-refractivity contribution in [2.24, 2.45) is 11.8 Å². The molecular weight excluding hydrogens is 192 g/mol. The molecule has 1 saturated carbocycles. The Bertz CT molecular complexity index is 252. The summed E-state index contributed by atoms with van der Waals surface area (Å²) >= 11 is 0. The van der Waals surface area contributed by atoms with Crippen molar-refractivity contribution in [1.29, 1.82) is 0 Å². The highest BCUT2D eigenvalue weighted by molar-refractivity contribution is 7.81. The van der Waals surface area contributed by atoms with E-state index in [9.17, 15) is 8.42 Å². The van der Waals surface area contributed by atoms with Crippen molar-refractivity contribution < 1.29 is 16.8 Å². The maximum atomic E-state index is 10.8. The Hall–Kier alpha value is -0.130. The zero-order valence-corrected chi connectivity index (χ0v) is 8.26. The minimum atomic E-state index is -3.65. The van der Waals surface area contributed by atoms with E-state index in [1.54, 1.807) is 0 Å². The van der Waals surface area contributed by atoms with Crippen LogP contribution in [0.1, 0.15) is 25.7 Å². The first kappa shape index (κ1) is 9.43. The molecule has 1 aliphatic heterocycles. The van der Waals surface area contributed by atoms with Crippen LogP contribution in [0.15, 0.2) is 0 Å². The van der Waals surface area contributed by atoms with Crippen molar-refractivity contribution in [3.05, 3.63) is 0 Å². The monoisotopic (exact) mass is 206 g/mol. The van der Waals surface area contributed by atoms with Gasteiger partial charge in [0.25, 0.3) is 0 Å². The molecule has 0 amide bonds. The van der Waals surface area contributed by atoms with Crippen molar-refractivity contribution >= 4 is 10.4 Å². The van der Waals surface area contributed by atoms with Crippen LogP contribution in [-0.2, 0) is 18.8 Å². The molecule has 0 aromatic rings. The predicted molar refractivity (Wildman–Crippen MR) is 46.3 cm³/mol. The van der Waals surface area contributed by atoms with Gasteiger partial charge < -0.3 is 0 Å². The lowest BCUT2D eigenvalue weighted by atomic mass is 9.92. The zero-order chi connectivity index (χ0) is 9.31. The molecule has 1 heterocycles. The lowest BCUT2D eigenvalue weighted by molar-refractivity contribution is 0.0713. The van der Waals surface area contributed by atoms with Gasteiger partial charge in [0, 0.05) is 5.92 Å². The van der Waals surface area contributed by atoms with Gasteiger partial charge in [0.1, 0.15) is 0 Å². The Morgan fingerprint density at radius 3 is 2.00 bits per heavy atom. The maximum Gasteiger partial charge on any atom is 0.399 e. The van der Waals surface area contributed by atoms with Gasteiger partial charge in [-0.05, 0) is 5.92 Å². The second-order valence-electron chi connectivity index (χ2n) is 3.78. The summed E-state index contributed by atoms with van der Waals surface area (Å²) in [5.41, 5.74) is 0. The quantitative estimate of drug-likeness (QED) is 0.644. The summed E-state index contributed by atoms with van der Waals surface area (Å²) in [7, 11) is -3.65. The number of hydrogen-bond donors (Lipinski definition) is 0. The lowest BCUT2D eigenvalue weighted by Gasteiger charge is -2.26. The molecule has 0 aromatic heterocycles. The van der Waals surface area contributed by atoms with Crippen LogP contribution in [0, 0.1) is 11.8 Å². The SMILES string of the molecule is O=S1(=O)OCC(C2CCCC2)CO1. The first-order chi connectivity index (χ1) is 6.17. The molecule has 0 aromatic carbocycles. The molecule has 2 aliphatic rings. The summed E-state index contributed by atoms with van der Waals surface area (Å²) in [6.07, 6.45) is 4.90. The van der Waals surface area contributed by atoms with Gasteiger partial charge in [0.15, 0.2) is 0 Å². The Morgan fingerprint density at radius 2 is 1.46 bits per heavy atom. The molecule has 1 saturated heterocycles. The normalized spacial score (nSPS) is 30.8. The Labute approximate surface area is 78.6 Å². The van der Waals surface area contributed by atoms with E-state index in [1.807, 2.05) is 0 Å². The first-order valence-corrected chi connectivity index (χ1v) is 6.04. The third-order valence-electron chi connectivity index (χ3n) is 2.92. The predicted octanol–water partition coefficient (Wildman–Crippen LogP) is 1.08. The molecular formula is C8H14O4S. The molecule has 0 radical (unpaired) electrons. The lowest BCUT2D eigenvalue weighted by Crippen LogP contribution is -2.32. The summed E-state index contributed by atoms with van der Waals surface area (Å²) in [4.78, 5) is 0. The summed E-state index contributed by atoms with van der Waals surface area (Å²) in [6.45, 7) is 0.625. The second kappa shape index (κ2) is 3.55. The summed E-state index contributed by atoms with van der Waals surface area (Å²) in [5.74, 6) is 0.890. The standard InChI is InChI=1S/C8H14O4S/c9-13(10)11-5-8(6-12-13)7-3-1-2-4-7/h7-8H,1-6H2. The topological polar surface area (TPSA) is 52.6 Å². The van der Waals surface area contributed by atoms with E-state index in [2.05, 4.69) is 8.37 Å². The Balaban J connectivity index is 1.90. The van der Waals surface area contributed by atoms with Gasteiger partial charge >= 0.3 is 10.4 Å². The molecule has 2 rings (SSSR count). The van der Waals surface area contributed by atoms with Crippen molar-refractivity contribution in [3.63, 3.8) is 0 Å². The van der Waals surface area contributed by atoms with E-state index in [-0.39, 0.29) is 5.92 Å². The largest absolute Gasteiger partial charge is 0.399 e. The third-order valence-corrected chi connectivity index (χ3v) is 3.77. The smallest absolute Gasteiger partial charge is 0.248 e. The van der Waals surface area contributed by atoms with Gasteiger partial charge in [-0.15, -0.1) is 0 Å². The zero-order valence-electron chi connectivity index (χ0n) is 7.44. The van der Waals surface area contributed by atoms with Gasteiger partial charge in [0.2, 0.25) is 0 Å². The summed E-state index contributed by atoms with van der Waals surface area (Å²) in [6, 6.07) is 0. The van der Waals surface area contributed by atoms with E-state index in [0.717, 1.165) is 0 Å². The van der Waals surface area contributed by atoms with Crippen LogP contribution >= 0.6 is 0 Å². The summed E-state index contributed by atoms with van der Waals surface area (Å²) < 4.78 is 30.8. The van der Waals surface area contributed by atoms with E-state index < -0.39 is 10.4 Å². The van der Waals surface area contributed by atoms with Crippen molar-refractivity contribution in [2.45, 2.75) is 25.7 Å². The maximum absolute atomic E-state index is 10.8. The van der Waals surface area contributed by atoms with Crippen molar-refractivity contribution in [3.8, 4) is 0 Å². The first-order valence-electron chi connectivity index (χ1n) is 4.71. The number of rotatable bonds is 1. The highest BCUT2D eigenvalue weighted by Gasteiger charge is 2.32. The molecule has 0 bridgehead atoms. The molecule has 0 spiro atoms. The van der Waals surface area contributed by atoms with Crippen LogP contribution < -0.4 is 0 Å². The average molecular weight is 206 g/mol. The molecule has 4 nitrogen and oxygen atoms in total. The van der Waals surface area contributed by atoms with Gasteiger partial charge in [-0.2, -0.15) is 8.42 Å². The molecule has 0 atom stereocenters. The van der Waals surface area contributed by atoms with E-state index in [4.69, 9.17) is 0 Å².